The first-order valence-electron chi connectivity index (χ1n) is 5.82. The molecule has 0 aliphatic heterocycles. The van der Waals surface area contributed by atoms with E-state index >= 15 is 0 Å². The Morgan fingerprint density at radius 2 is 1.85 bits per heavy atom. The van der Waals surface area contributed by atoms with Gasteiger partial charge in [-0.15, -0.1) is 0 Å². The highest BCUT2D eigenvalue weighted by Gasteiger charge is 2.16. The standard InChI is InChI=1S/C14H11N3O3/c1-7-3-9(6-15)5-10(4-7)12(18)11-8(2)13(19)17-14(20)16-11/h3-5H,1-2H3,(H2,16,17,19,20). The maximum Gasteiger partial charge on any atom is 0.326 e. The van der Waals surface area contributed by atoms with Crippen molar-refractivity contribution in [3.8, 4) is 6.07 Å². The Bertz CT molecular complexity index is 853. The third-order valence-corrected chi connectivity index (χ3v) is 2.88. The van der Waals surface area contributed by atoms with Crippen molar-refractivity contribution in [2.75, 3.05) is 0 Å². The first-order chi connectivity index (χ1) is 9.42. The molecule has 1 aromatic heterocycles. The van der Waals surface area contributed by atoms with Crippen molar-refractivity contribution in [3.05, 3.63) is 67.0 Å². The highest BCUT2D eigenvalue weighted by molar-refractivity contribution is 6.08. The van der Waals surface area contributed by atoms with Crippen LogP contribution in [0.25, 0.3) is 0 Å². The summed E-state index contributed by atoms with van der Waals surface area (Å²) in [6.07, 6.45) is 0. The third-order valence-electron chi connectivity index (χ3n) is 2.88. The smallest absolute Gasteiger partial charge is 0.304 e. The summed E-state index contributed by atoms with van der Waals surface area (Å²) in [5, 5.41) is 8.91. The zero-order chi connectivity index (χ0) is 14.9. The largest absolute Gasteiger partial charge is 0.326 e. The van der Waals surface area contributed by atoms with Crippen molar-refractivity contribution in [2.24, 2.45) is 0 Å². The Balaban J connectivity index is 2.64. The predicted octanol–water partition coefficient (Wildman–Crippen LogP) is 0.783. The Morgan fingerprint density at radius 1 is 1.15 bits per heavy atom. The molecule has 0 radical (unpaired) electrons. The highest BCUT2D eigenvalue weighted by atomic mass is 16.2. The molecule has 20 heavy (non-hydrogen) atoms. The number of carbonyl (C=O) groups is 1. The number of nitrogens with zero attached hydrogens (tertiary/aromatic N) is 1. The Kier molecular flexibility index (Phi) is 3.36. The van der Waals surface area contributed by atoms with Crippen LogP contribution < -0.4 is 11.2 Å². The van der Waals surface area contributed by atoms with E-state index in [1.165, 1.54) is 13.0 Å². The van der Waals surface area contributed by atoms with Crippen molar-refractivity contribution >= 4 is 5.78 Å². The Morgan fingerprint density at radius 3 is 2.50 bits per heavy atom. The molecule has 1 aromatic carbocycles. The molecule has 0 unspecified atom stereocenters. The van der Waals surface area contributed by atoms with E-state index in [0.29, 0.717) is 5.56 Å². The fourth-order valence-electron chi connectivity index (χ4n) is 1.90. The van der Waals surface area contributed by atoms with Crippen molar-refractivity contribution in [2.45, 2.75) is 13.8 Å². The molecule has 0 fully saturated rings. The number of benzene rings is 1. The van der Waals surface area contributed by atoms with Crippen molar-refractivity contribution in [1.29, 1.82) is 5.26 Å². The predicted molar refractivity (Wildman–Crippen MR) is 71.7 cm³/mol. The van der Waals surface area contributed by atoms with Crippen LogP contribution in [0.2, 0.25) is 0 Å². The van der Waals surface area contributed by atoms with Gasteiger partial charge in [0.2, 0.25) is 5.78 Å². The summed E-state index contributed by atoms with van der Waals surface area (Å²) in [7, 11) is 0. The number of aromatic nitrogens is 2. The normalized spacial score (nSPS) is 10.1. The second kappa shape index (κ2) is 4.97. The molecule has 100 valence electrons. The molecule has 1 heterocycles. The van der Waals surface area contributed by atoms with Crippen molar-refractivity contribution < 1.29 is 4.79 Å². The van der Waals surface area contributed by atoms with Gasteiger partial charge in [-0.2, -0.15) is 5.26 Å². The lowest BCUT2D eigenvalue weighted by Crippen LogP contribution is -2.28. The first kappa shape index (κ1) is 13.5. The molecule has 6 nitrogen and oxygen atoms in total. The van der Waals surface area contributed by atoms with Gasteiger partial charge in [0.1, 0.15) is 0 Å². The Labute approximate surface area is 113 Å². The number of aromatic amines is 2. The van der Waals surface area contributed by atoms with Crippen LogP contribution in [-0.4, -0.2) is 15.8 Å². The van der Waals surface area contributed by atoms with Gasteiger partial charge in [-0.1, -0.05) is 0 Å². The lowest BCUT2D eigenvalue weighted by molar-refractivity contribution is 0.103. The van der Waals surface area contributed by atoms with Crippen LogP contribution in [0, 0.1) is 25.2 Å². The molecule has 2 aromatic rings. The minimum absolute atomic E-state index is 0.0618. The number of H-pyrrole nitrogens is 2. The van der Waals surface area contributed by atoms with Crippen molar-refractivity contribution in [3.63, 3.8) is 0 Å². The maximum absolute atomic E-state index is 12.4. The van der Waals surface area contributed by atoms with E-state index < -0.39 is 17.0 Å². The number of rotatable bonds is 2. The quantitative estimate of drug-likeness (QED) is 0.785. The van der Waals surface area contributed by atoms with E-state index in [-0.39, 0.29) is 16.8 Å². The molecule has 0 aliphatic carbocycles. The second-order valence-electron chi connectivity index (χ2n) is 4.44. The topological polar surface area (TPSA) is 107 Å². The SMILES string of the molecule is Cc1cc(C#N)cc(C(=O)c2[nH]c(=O)[nH]c(=O)c2C)c1. The van der Waals surface area contributed by atoms with Gasteiger partial charge in [-0.3, -0.25) is 14.6 Å². The van der Waals surface area contributed by atoms with Crippen LogP contribution in [0.4, 0.5) is 0 Å². The zero-order valence-corrected chi connectivity index (χ0v) is 10.9. The molecule has 2 N–H and O–H groups in total. The van der Waals surface area contributed by atoms with Crippen LogP contribution in [0.15, 0.2) is 27.8 Å². The summed E-state index contributed by atoms with van der Waals surface area (Å²) >= 11 is 0. The van der Waals surface area contributed by atoms with Gasteiger partial charge >= 0.3 is 5.69 Å². The van der Waals surface area contributed by atoms with E-state index in [2.05, 4.69) is 4.98 Å². The monoisotopic (exact) mass is 269 g/mol. The molecule has 0 aliphatic rings. The summed E-state index contributed by atoms with van der Waals surface area (Å²) in [6, 6.07) is 6.63. The van der Waals surface area contributed by atoms with Gasteiger partial charge in [-0.25, -0.2) is 4.79 Å². The van der Waals surface area contributed by atoms with Gasteiger partial charge in [0, 0.05) is 11.1 Å². The molecule has 2 rings (SSSR count). The van der Waals surface area contributed by atoms with E-state index in [9.17, 15) is 14.4 Å². The van der Waals surface area contributed by atoms with Crippen LogP contribution in [0.5, 0.6) is 0 Å². The fourth-order valence-corrected chi connectivity index (χ4v) is 1.90. The van der Waals surface area contributed by atoms with E-state index in [4.69, 9.17) is 5.26 Å². The summed E-state index contributed by atoms with van der Waals surface area (Å²) in [6.45, 7) is 3.20. The number of ketones is 1. The van der Waals surface area contributed by atoms with Crippen LogP contribution in [0.3, 0.4) is 0 Å². The number of aryl methyl sites for hydroxylation is 1. The molecule has 0 amide bonds. The van der Waals surface area contributed by atoms with Crippen LogP contribution in [0.1, 0.15) is 32.7 Å². The van der Waals surface area contributed by atoms with Crippen LogP contribution >= 0.6 is 0 Å². The lowest BCUT2D eigenvalue weighted by atomic mass is 10.0. The zero-order valence-electron chi connectivity index (χ0n) is 10.9. The average Bonchev–Trinajstić information content (AvgIpc) is 2.41. The summed E-state index contributed by atoms with van der Waals surface area (Å²) in [4.78, 5) is 39.5. The molecule has 0 saturated heterocycles. The van der Waals surface area contributed by atoms with Gasteiger partial charge in [-0.05, 0) is 37.6 Å². The third kappa shape index (κ3) is 2.42. The Hall–Kier alpha value is -2.94. The maximum atomic E-state index is 12.4. The minimum atomic E-state index is -0.739. The first-order valence-corrected chi connectivity index (χ1v) is 5.82. The van der Waals surface area contributed by atoms with Gasteiger partial charge in [0.15, 0.2) is 0 Å². The fraction of sp³-hybridized carbons (Fsp3) is 0.143. The number of hydrogen-bond donors (Lipinski definition) is 2. The highest BCUT2D eigenvalue weighted by Crippen LogP contribution is 2.13. The van der Waals surface area contributed by atoms with Gasteiger partial charge < -0.3 is 4.98 Å². The van der Waals surface area contributed by atoms with Crippen LogP contribution in [-0.2, 0) is 0 Å². The molecular weight excluding hydrogens is 258 g/mol. The van der Waals surface area contributed by atoms with E-state index in [1.807, 2.05) is 11.1 Å². The molecular formula is C14H11N3O3. The number of nitrogens with one attached hydrogen (secondary N) is 2. The van der Waals surface area contributed by atoms with Crippen molar-refractivity contribution in [1.82, 2.24) is 9.97 Å². The molecule has 0 atom stereocenters. The molecule has 0 bridgehead atoms. The number of hydrogen-bond acceptors (Lipinski definition) is 4. The lowest BCUT2D eigenvalue weighted by Gasteiger charge is -2.05. The minimum Gasteiger partial charge on any atom is -0.304 e. The van der Waals surface area contributed by atoms with E-state index in [1.54, 1.807) is 19.1 Å². The average molecular weight is 269 g/mol. The summed E-state index contributed by atoms with van der Waals surface area (Å²) in [5.41, 5.74) is 0.0755. The molecule has 6 heteroatoms. The molecule has 0 saturated carbocycles. The number of nitriles is 1. The van der Waals surface area contributed by atoms with Gasteiger partial charge in [0.05, 0.1) is 17.3 Å². The van der Waals surface area contributed by atoms with Gasteiger partial charge in [0.25, 0.3) is 5.56 Å². The van der Waals surface area contributed by atoms with E-state index in [0.717, 1.165) is 5.56 Å². The summed E-state index contributed by atoms with van der Waals surface area (Å²) < 4.78 is 0. The summed E-state index contributed by atoms with van der Waals surface area (Å²) in [5.74, 6) is -0.495. The second-order valence-corrected chi connectivity index (χ2v) is 4.44. The molecule has 0 spiro atoms. The number of carbonyl (C=O) groups excluding carboxylic acids is 1.